The minimum Gasteiger partial charge on any atom is -0.380 e. The van der Waals surface area contributed by atoms with Gasteiger partial charge >= 0.3 is 0 Å². The van der Waals surface area contributed by atoms with Crippen LogP contribution in [-0.2, 0) is 6.42 Å². The molecule has 0 aliphatic carbocycles. The maximum absolute atomic E-state index is 13.7. The molecule has 0 aliphatic rings. The molecule has 21 heavy (non-hydrogen) atoms. The van der Waals surface area contributed by atoms with Crippen LogP contribution < -0.4 is 5.32 Å². The van der Waals surface area contributed by atoms with Gasteiger partial charge in [-0.25, -0.2) is 4.39 Å². The Morgan fingerprint density at radius 2 is 1.95 bits per heavy atom. The molecule has 1 unspecified atom stereocenters. The van der Waals surface area contributed by atoms with Crippen LogP contribution in [0.25, 0.3) is 0 Å². The molecule has 0 radical (unpaired) electrons. The van der Waals surface area contributed by atoms with E-state index in [0.717, 1.165) is 22.2 Å². The number of nitrogens with zero attached hydrogens (tertiary/aromatic N) is 1. The van der Waals surface area contributed by atoms with Gasteiger partial charge in [0.2, 0.25) is 0 Å². The third-order valence-corrected chi connectivity index (χ3v) is 3.55. The van der Waals surface area contributed by atoms with E-state index in [9.17, 15) is 14.5 Å². The third kappa shape index (κ3) is 4.26. The largest absolute Gasteiger partial charge is 0.380 e. The molecule has 0 fully saturated rings. The Morgan fingerprint density at radius 3 is 2.57 bits per heavy atom. The maximum Gasteiger partial charge on any atom is 0.271 e. The predicted molar refractivity (Wildman–Crippen MR) is 84.0 cm³/mol. The van der Waals surface area contributed by atoms with Gasteiger partial charge in [0.1, 0.15) is 5.82 Å². The van der Waals surface area contributed by atoms with Crippen molar-refractivity contribution in [2.24, 2.45) is 0 Å². The van der Waals surface area contributed by atoms with Gasteiger partial charge in [-0.15, -0.1) is 0 Å². The van der Waals surface area contributed by atoms with Crippen molar-refractivity contribution in [2.75, 3.05) is 5.32 Å². The number of nitro groups is 1. The quantitative estimate of drug-likeness (QED) is 0.634. The van der Waals surface area contributed by atoms with Crippen molar-refractivity contribution in [3.63, 3.8) is 0 Å². The number of halogens is 2. The summed E-state index contributed by atoms with van der Waals surface area (Å²) in [6, 6.07) is 11.3. The predicted octanol–water partition coefficient (Wildman–Crippen LogP) is 4.54. The number of hydrogen-bond donors (Lipinski definition) is 1. The summed E-state index contributed by atoms with van der Waals surface area (Å²) < 4.78 is 14.7. The van der Waals surface area contributed by atoms with Crippen LogP contribution in [0.5, 0.6) is 0 Å². The molecule has 0 saturated heterocycles. The highest BCUT2D eigenvalue weighted by atomic mass is 79.9. The van der Waals surface area contributed by atoms with Gasteiger partial charge in [-0.2, -0.15) is 0 Å². The molecule has 2 aromatic rings. The Morgan fingerprint density at radius 1 is 1.29 bits per heavy atom. The van der Waals surface area contributed by atoms with E-state index in [-0.39, 0.29) is 17.4 Å². The number of anilines is 1. The first-order valence-electron chi connectivity index (χ1n) is 6.40. The molecule has 6 heteroatoms. The molecule has 0 aliphatic heterocycles. The van der Waals surface area contributed by atoms with Crippen LogP contribution in [0.1, 0.15) is 12.5 Å². The van der Waals surface area contributed by atoms with Gasteiger partial charge in [-0.3, -0.25) is 10.1 Å². The van der Waals surface area contributed by atoms with Crippen molar-refractivity contribution in [1.29, 1.82) is 0 Å². The van der Waals surface area contributed by atoms with E-state index in [1.54, 1.807) is 0 Å². The van der Waals surface area contributed by atoms with Crippen molar-refractivity contribution in [2.45, 2.75) is 19.4 Å². The second kappa shape index (κ2) is 6.67. The van der Waals surface area contributed by atoms with E-state index in [1.165, 1.54) is 6.07 Å². The summed E-state index contributed by atoms with van der Waals surface area (Å²) in [4.78, 5) is 10.2. The van der Waals surface area contributed by atoms with E-state index in [1.807, 2.05) is 31.2 Å². The lowest BCUT2D eigenvalue weighted by Crippen LogP contribution is -2.19. The summed E-state index contributed by atoms with van der Waals surface area (Å²) in [5.41, 5.74) is 1.12. The molecule has 0 bridgehead atoms. The van der Waals surface area contributed by atoms with E-state index in [2.05, 4.69) is 21.2 Å². The average Bonchev–Trinajstić information content (AvgIpc) is 2.43. The highest BCUT2D eigenvalue weighted by molar-refractivity contribution is 9.10. The summed E-state index contributed by atoms with van der Waals surface area (Å²) >= 11 is 3.37. The Hall–Kier alpha value is -1.95. The zero-order valence-corrected chi connectivity index (χ0v) is 12.9. The molecule has 0 saturated carbocycles. The first-order chi connectivity index (χ1) is 9.95. The van der Waals surface area contributed by atoms with Gasteiger partial charge in [0, 0.05) is 22.6 Å². The minimum absolute atomic E-state index is 0.0531. The molecule has 110 valence electrons. The zero-order chi connectivity index (χ0) is 15.4. The Balaban J connectivity index is 2.08. The van der Waals surface area contributed by atoms with Crippen molar-refractivity contribution >= 4 is 27.3 Å². The fourth-order valence-electron chi connectivity index (χ4n) is 2.03. The van der Waals surface area contributed by atoms with Crippen LogP contribution in [-0.4, -0.2) is 11.0 Å². The first kappa shape index (κ1) is 15.4. The van der Waals surface area contributed by atoms with E-state index >= 15 is 0 Å². The fraction of sp³-hybridized carbons (Fsp3) is 0.200. The SMILES string of the molecule is CC(Cc1ccc(Br)cc1)Nc1cc([N+](=O)[O-])ccc1F. The van der Waals surface area contributed by atoms with Gasteiger partial charge in [-0.1, -0.05) is 28.1 Å². The third-order valence-electron chi connectivity index (χ3n) is 3.02. The van der Waals surface area contributed by atoms with Crippen LogP contribution in [0.4, 0.5) is 15.8 Å². The Bertz CT molecular complexity index is 647. The lowest BCUT2D eigenvalue weighted by Gasteiger charge is -2.16. The van der Waals surface area contributed by atoms with Crippen LogP contribution in [0.15, 0.2) is 46.9 Å². The number of hydrogen-bond acceptors (Lipinski definition) is 3. The van der Waals surface area contributed by atoms with Gasteiger partial charge < -0.3 is 5.32 Å². The average molecular weight is 353 g/mol. The topological polar surface area (TPSA) is 55.2 Å². The second-order valence-electron chi connectivity index (χ2n) is 4.80. The fourth-order valence-corrected chi connectivity index (χ4v) is 2.29. The van der Waals surface area contributed by atoms with Gasteiger partial charge in [0.05, 0.1) is 10.6 Å². The van der Waals surface area contributed by atoms with Crippen LogP contribution >= 0.6 is 15.9 Å². The number of benzene rings is 2. The van der Waals surface area contributed by atoms with E-state index in [4.69, 9.17) is 0 Å². The Labute approximate surface area is 130 Å². The van der Waals surface area contributed by atoms with Crippen molar-refractivity contribution in [3.05, 3.63) is 68.4 Å². The summed E-state index contributed by atoms with van der Waals surface area (Å²) in [5.74, 6) is -0.497. The Kier molecular flexibility index (Phi) is 4.90. The molecule has 0 amide bonds. The molecule has 0 heterocycles. The molecule has 1 atom stereocenters. The molecule has 0 spiro atoms. The molecule has 2 aromatic carbocycles. The van der Waals surface area contributed by atoms with E-state index in [0.29, 0.717) is 6.42 Å². The normalized spacial score (nSPS) is 12.0. The number of rotatable bonds is 5. The maximum atomic E-state index is 13.7. The van der Waals surface area contributed by atoms with Gasteiger partial charge in [0.15, 0.2) is 0 Å². The first-order valence-corrected chi connectivity index (χ1v) is 7.20. The van der Waals surface area contributed by atoms with Crippen molar-refractivity contribution < 1.29 is 9.31 Å². The van der Waals surface area contributed by atoms with Gasteiger partial charge in [0.25, 0.3) is 5.69 Å². The van der Waals surface area contributed by atoms with Crippen LogP contribution in [0, 0.1) is 15.9 Å². The molecular formula is C15H14BrFN2O2. The van der Waals surface area contributed by atoms with E-state index < -0.39 is 10.7 Å². The molecular weight excluding hydrogens is 339 g/mol. The molecule has 1 N–H and O–H groups in total. The summed E-state index contributed by atoms with van der Waals surface area (Å²) in [5, 5.41) is 13.7. The van der Waals surface area contributed by atoms with Crippen molar-refractivity contribution in [3.8, 4) is 0 Å². The monoisotopic (exact) mass is 352 g/mol. The van der Waals surface area contributed by atoms with Crippen molar-refractivity contribution in [1.82, 2.24) is 0 Å². The smallest absolute Gasteiger partial charge is 0.271 e. The minimum atomic E-state index is -0.538. The molecule has 2 rings (SSSR count). The standard InChI is InChI=1S/C15H14BrFN2O2/c1-10(8-11-2-4-12(16)5-3-11)18-15-9-13(19(20)21)6-7-14(15)17/h2-7,9-10,18H,8H2,1H3. The lowest BCUT2D eigenvalue weighted by molar-refractivity contribution is -0.384. The number of nitro benzene ring substituents is 1. The highest BCUT2D eigenvalue weighted by Crippen LogP contribution is 2.22. The van der Waals surface area contributed by atoms with Crippen LogP contribution in [0.2, 0.25) is 0 Å². The highest BCUT2D eigenvalue weighted by Gasteiger charge is 2.13. The molecule has 4 nitrogen and oxygen atoms in total. The summed E-state index contributed by atoms with van der Waals surface area (Å²) in [7, 11) is 0. The van der Waals surface area contributed by atoms with Crippen LogP contribution in [0.3, 0.4) is 0 Å². The number of nitrogens with one attached hydrogen (secondary N) is 1. The second-order valence-corrected chi connectivity index (χ2v) is 5.71. The molecule has 0 aromatic heterocycles. The summed E-state index contributed by atoms with van der Waals surface area (Å²) in [6.07, 6.45) is 0.690. The number of non-ortho nitro benzene ring substituents is 1. The lowest BCUT2D eigenvalue weighted by atomic mass is 10.1. The zero-order valence-electron chi connectivity index (χ0n) is 11.3. The van der Waals surface area contributed by atoms with Gasteiger partial charge in [-0.05, 0) is 37.1 Å². The summed E-state index contributed by atoms with van der Waals surface area (Å²) in [6.45, 7) is 1.90.